The van der Waals surface area contributed by atoms with Gasteiger partial charge in [-0.05, 0) is 80.4 Å². The number of carbonyl (C=O) groups is 1. The van der Waals surface area contributed by atoms with Gasteiger partial charge >= 0.3 is 6.03 Å². The average molecular weight is 671 g/mol. The zero-order chi connectivity index (χ0) is 34.3. The molecule has 258 valence electrons. The van der Waals surface area contributed by atoms with Crippen molar-refractivity contribution in [2.75, 3.05) is 54.1 Å². The van der Waals surface area contributed by atoms with Crippen LogP contribution in [0, 0.1) is 17.1 Å². The fourth-order valence-electron chi connectivity index (χ4n) is 6.34. The Labute approximate surface area is 285 Å². The summed E-state index contributed by atoms with van der Waals surface area (Å²) < 4.78 is 28.5. The van der Waals surface area contributed by atoms with Crippen molar-refractivity contribution in [2.24, 2.45) is 5.92 Å². The molecule has 0 unspecified atom stereocenters. The van der Waals surface area contributed by atoms with Crippen LogP contribution in [0.4, 0.5) is 26.2 Å². The van der Waals surface area contributed by atoms with Gasteiger partial charge in [-0.1, -0.05) is 13.0 Å². The molecule has 12 nitrogen and oxygen atoms in total. The van der Waals surface area contributed by atoms with Crippen LogP contribution in [-0.2, 0) is 4.74 Å². The molecule has 2 aliphatic heterocycles. The Morgan fingerprint density at radius 2 is 1.73 bits per heavy atom. The molecule has 2 fully saturated rings. The number of urea groups is 1. The molecule has 2 saturated heterocycles. The fraction of sp³-hybridized carbons (Fsp3) is 0.389. The third-order valence-electron chi connectivity index (χ3n) is 9.23. The summed E-state index contributed by atoms with van der Waals surface area (Å²) in [5.41, 5.74) is 3.93. The Morgan fingerprint density at radius 3 is 2.31 bits per heavy atom. The largest absolute Gasteiger partial charge is 0.493 e. The number of amides is 2. The maximum atomic E-state index is 14.9. The minimum atomic E-state index is -0.683. The second-order valence-corrected chi connectivity index (χ2v) is 12.5. The summed E-state index contributed by atoms with van der Waals surface area (Å²) in [6, 6.07) is 20.0. The molecular formula is C36H43FN8O4. The number of piperazine rings is 1. The van der Waals surface area contributed by atoms with E-state index in [0.29, 0.717) is 43.0 Å². The molecule has 0 saturated carbocycles. The van der Waals surface area contributed by atoms with Gasteiger partial charge in [-0.3, -0.25) is 10.3 Å². The number of benzene rings is 3. The van der Waals surface area contributed by atoms with Crippen molar-refractivity contribution >= 4 is 29.4 Å². The summed E-state index contributed by atoms with van der Waals surface area (Å²) >= 11 is 0. The van der Waals surface area contributed by atoms with E-state index in [-0.39, 0.29) is 23.9 Å². The number of ether oxygens (including phenoxy) is 2. The first kappa shape index (κ1) is 33.9. The molecule has 3 heterocycles. The van der Waals surface area contributed by atoms with Crippen LogP contribution in [0.5, 0.6) is 5.75 Å². The predicted molar refractivity (Wildman–Crippen MR) is 186 cm³/mol. The molecule has 2 amide bonds. The van der Waals surface area contributed by atoms with Crippen LogP contribution in [0.25, 0.3) is 5.69 Å². The monoisotopic (exact) mass is 670 g/mol. The molecule has 3 aromatic carbocycles. The molecule has 13 heteroatoms. The van der Waals surface area contributed by atoms with E-state index in [9.17, 15) is 14.3 Å². The topological polar surface area (TPSA) is 132 Å². The minimum absolute atomic E-state index is 0.162. The number of hydrogen-bond donors (Lipinski definition) is 3. The van der Waals surface area contributed by atoms with E-state index in [4.69, 9.17) is 14.9 Å². The number of aromatic nitrogens is 3. The van der Waals surface area contributed by atoms with E-state index in [2.05, 4.69) is 37.3 Å². The number of nitrogens with one attached hydrogen (secondary N) is 2. The zero-order valence-electron chi connectivity index (χ0n) is 27.8. The Hall–Kier alpha value is -5.01. The molecule has 4 aromatic rings. The summed E-state index contributed by atoms with van der Waals surface area (Å²) in [6.07, 6.45) is 4.21. The number of aliphatic hydroxyl groups is 1. The zero-order valence-corrected chi connectivity index (χ0v) is 27.8. The smallest absolute Gasteiger partial charge is 0.327 e. The van der Waals surface area contributed by atoms with Gasteiger partial charge in [0.25, 0.3) is 0 Å². The van der Waals surface area contributed by atoms with Crippen molar-refractivity contribution in [2.45, 2.75) is 44.9 Å². The van der Waals surface area contributed by atoms with Gasteiger partial charge in [0, 0.05) is 49.0 Å². The summed E-state index contributed by atoms with van der Waals surface area (Å²) in [6.45, 7) is 7.92. The molecule has 0 spiro atoms. The highest BCUT2D eigenvalue weighted by atomic mass is 19.1. The minimum Gasteiger partial charge on any atom is -0.493 e. The van der Waals surface area contributed by atoms with E-state index < -0.39 is 12.1 Å². The summed E-state index contributed by atoms with van der Waals surface area (Å²) in [4.78, 5) is 22.5. The van der Waals surface area contributed by atoms with Crippen molar-refractivity contribution in [3.8, 4) is 11.4 Å². The molecule has 3 N–H and O–H groups in total. The van der Waals surface area contributed by atoms with Gasteiger partial charge in [0.1, 0.15) is 24.2 Å². The first-order chi connectivity index (χ1) is 23.8. The van der Waals surface area contributed by atoms with Crippen LogP contribution in [-0.4, -0.2) is 83.8 Å². The van der Waals surface area contributed by atoms with Crippen LogP contribution < -0.4 is 24.8 Å². The molecule has 4 atom stereocenters. The second-order valence-electron chi connectivity index (χ2n) is 12.5. The van der Waals surface area contributed by atoms with Crippen molar-refractivity contribution in [3.63, 3.8) is 0 Å². The number of halogens is 1. The standard InChI is InChI=1S/C36H43FN8O4/c1-3-34(25(2)46)41-36(47)44(22-38)29-6-4-27(5-7-29)42-14-16-43(17-15-42)28-8-11-31(12-9-28)48-20-26-18-35(49-21-26)32-13-10-30(19-33(32)37)45-24-39-23-40-45/h4-13,19,22-26,34-35,38,46H,3,14-18,20-21H2,1-2H3,(H,41,47)/t25-,26+,34-,35+/m0/s1. The quantitative estimate of drug-likeness (QED) is 0.139. The van der Waals surface area contributed by atoms with Crippen molar-refractivity contribution in [1.29, 1.82) is 5.41 Å². The van der Waals surface area contributed by atoms with E-state index in [1.54, 1.807) is 13.0 Å². The van der Waals surface area contributed by atoms with E-state index in [1.165, 1.54) is 28.3 Å². The lowest BCUT2D eigenvalue weighted by Gasteiger charge is -2.37. The van der Waals surface area contributed by atoms with Crippen molar-refractivity contribution in [1.82, 2.24) is 20.1 Å². The molecule has 0 radical (unpaired) electrons. The first-order valence-electron chi connectivity index (χ1n) is 16.7. The van der Waals surface area contributed by atoms with Crippen LogP contribution >= 0.6 is 0 Å². The first-order valence-corrected chi connectivity index (χ1v) is 16.7. The highest BCUT2D eigenvalue weighted by molar-refractivity contribution is 6.06. The lowest BCUT2D eigenvalue weighted by atomic mass is 10.0. The normalized spacial score (nSPS) is 18.9. The molecule has 6 rings (SSSR count). The number of aliphatic hydroxyl groups excluding tert-OH is 1. The van der Waals surface area contributed by atoms with Gasteiger partial charge in [-0.15, -0.1) is 0 Å². The Kier molecular flexibility index (Phi) is 10.7. The van der Waals surface area contributed by atoms with Gasteiger partial charge in [-0.2, -0.15) is 5.10 Å². The number of anilines is 3. The maximum absolute atomic E-state index is 14.9. The summed E-state index contributed by atoms with van der Waals surface area (Å²) in [5.74, 6) is 0.633. The van der Waals surface area contributed by atoms with E-state index in [0.717, 1.165) is 49.6 Å². The van der Waals surface area contributed by atoms with Crippen molar-refractivity contribution < 1.29 is 23.8 Å². The van der Waals surface area contributed by atoms with Gasteiger partial charge < -0.3 is 29.7 Å². The van der Waals surface area contributed by atoms with Crippen LogP contribution in [0.2, 0.25) is 0 Å². The third-order valence-corrected chi connectivity index (χ3v) is 9.23. The molecule has 49 heavy (non-hydrogen) atoms. The van der Waals surface area contributed by atoms with Gasteiger partial charge in [0.05, 0.1) is 49.2 Å². The van der Waals surface area contributed by atoms with Crippen LogP contribution in [0.3, 0.4) is 0 Å². The Bertz CT molecular complexity index is 1680. The second kappa shape index (κ2) is 15.5. The van der Waals surface area contributed by atoms with Gasteiger partial charge in [-0.25, -0.2) is 18.9 Å². The van der Waals surface area contributed by atoms with Crippen LogP contribution in [0.15, 0.2) is 79.4 Å². The highest BCUT2D eigenvalue weighted by Crippen LogP contribution is 2.35. The maximum Gasteiger partial charge on any atom is 0.327 e. The Balaban J connectivity index is 0.955. The number of carbonyl (C=O) groups excluding carboxylic acids is 1. The van der Waals surface area contributed by atoms with Crippen molar-refractivity contribution in [3.05, 3.63) is 90.8 Å². The van der Waals surface area contributed by atoms with E-state index >= 15 is 0 Å². The molecule has 2 aliphatic rings. The molecule has 1 aromatic heterocycles. The predicted octanol–water partition coefficient (Wildman–Crippen LogP) is 5.17. The third kappa shape index (κ3) is 8.01. The lowest BCUT2D eigenvalue weighted by Crippen LogP contribution is -2.48. The summed E-state index contributed by atoms with van der Waals surface area (Å²) in [7, 11) is 0. The van der Waals surface area contributed by atoms with Gasteiger partial charge in [0.15, 0.2) is 0 Å². The lowest BCUT2D eigenvalue weighted by molar-refractivity contribution is 0.100. The van der Waals surface area contributed by atoms with Crippen LogP contribution in [0.1, 0.15) is 38.4 Å². The van der Waals surface area contributed by atoms with Gasteiger partial charge in [0.2, 0.25) is 0 Å². The Morgan fingerprint density at radius 1 is 1.08 bits per heavy atom. The molecular weight excluding hydrogens is 627 g/mol. The molecule has 0 bridgehead atoms. The average Bonchev–Trinajstić information content (AvgIpc) is 3.84. The van der Waals surface area contributed by atoms with E-state index in [1.807, 2.05) is 49.4 Å². The molecule has 0 aliphatic carbocycles. The number of nitrogens with zero attached hydrogens (tertiary/aromatic N) is 6. The summed E-state index contributed by atoms with van der Waals surface area (Å²) in [5, 5.41) is 24.5. The highest BCUT2D eigenvalue weighted by Gasteiger charge is 2.29. The number of rotatable bonds is 12. The SMILES string of the molecule is CC[C@H](NC(=O)N(C=N)c1ccc(N2CCN(c3ccc(OC[C@@H]4CO[C@@H](c5ccc(-n6cncn6)cc5F)C4)cc3)CC2)cc1)[C@H](C)O. The number of hydrogen-bond acceptors (Lipinski definition) is 9. The fourth-order valence-corrected chi connectivity index (χ4v) is 6.34.